The van der Waals surface area contributed by atoms with Gasteiger partial charge in [0.15, 0.2) is 20.7 Å². The molecule has 0 amide bonds. The van der Waals surface area contributed by atoms with Gasteiger partial charge in [-0.2, -0.15) is 0 Å². The van der Waals surface area contributed by atoms with Gasteiger partial charge in [-0.3, -0.25) is 0 Å². The van der Waals surface area contributed by atoms with Gasteiger partial charge in [0, 0.05) is 13.2 Å². The van der Waals surface area contributed by atoms with Crippen LogP contribution in [0.3, 0.4) is 0 Å². The minimum atomic E-state index is -2.01. The fourth-order valence-corrected chi connectivity index (χ4v) is 4.91. The Labute approximate surface area is 147 Å². The average Bonchev–Trinajstić information content (AvgIpc) is 2.40. The van der Waals surface area contributed by atoms with E-state index in [2.05, 4.69) is 56.5 Å². The van der Waals surface area contributed by atoms with E-state index in [1.807, 2.05) is 0 Å². The molecular weight excluding hydrogens is 415 g/mol. The number of hydrogen-bond donors (Lipinski definition) is 0. The molecule has 0 bridgehead atoms. The monoisotopic (exact) mass is 440 g/mol. The van der Waals surface area contributed by atoms with Crippen LogP contribution in [0, 0.1) is 0 Å². The summed E-state index contributed by atoms with van der Waals surface area (Å²) >= 11 is 2.28. The highest BCUT2D eigenvalue weighted by Crippen LogP contribution is 2.41. The highest BCUT2D eigenvalue weighted by molar-refractivity contribution is 14.1. The normalized spacial score (nSPS) is 36.0. The number of carbonyl (C=O) groups excluding carboxylic acids is 1. The van der Waals surface area contributed by atoms with E-state index >= 15 is 0 Å². The summed E-state index contributed by atoms with van der Waals surface area (Å²) in [6.07, 6.45) is 1.80. The molecule has 5 nitrogen and oxygen atoms in total. The quantitative estimate of drug-likeness (QED) is 0.292. The lowest BCUT2D eigenvalue weighted by molar-refractivity contribution is -0.229. The van der Waals surface area contributed by atoms with Crippen molar-refractivity contribution in [1.82, 2.24) is 0 Å². The van der Waals surface area contributed by atoms with Crippen LogP contribution in [0.4, 0.5) is 0 Å². The Morgan fingerprint density at radius 2 is 1.95 bits per heavy atom. The summed E-state index contributed by atoms with van der Waals surface area (Å²) in [5, 5.41) is 0.0776. The van der Waals surface area contributed by atoms with Gasteiger partial charge < -0.3 is 18.6 Å². The Kier molecular flexibility index (Phi) is 5.43. The molecule has 2 rings (SSSR count). The summed E-state index contributed by atoms with van der Waals surface area (Å²) in [5.41, 5.74) is 0. The second kappa shape index (κ2) is 6.50. The summed E-state index contributed by atoms with van der Waals surface area (Å²) in [6.45, 7) is 11.0. The Morgan fingerprint density at radius 3 is 2.50 bits per heavy atom. The molecule has 0 N–H and O–H groups in total. The molecule has 2 aliphatic rings. The van der Waals surface area contributed by atoms with Gasteiger partial charge in [-0.05, 0) is 24.2 Å². The number of halogens is 1. The van der Waals surface area contributed by atoms with Gasteiger partial charge >= 0.3 is 5.97 Å². The van der Waals surface area contributed by atoms with Crippen molar-refractivity contribution in [2.75, 3.05) is 7.11 Å². The van der Waals surface area contributed by atoms with Gasteiger partial charge in [0.25, 0.3) is 0 Å². The minimum Gasteiger partial charge on any atom is -0.453 e. The van der Waals surface area contributed by atoms with Gasteiger partial charge in [-0.1, -0.05) is 43.4 Å². The maximum atomic E-state index is 11.6. The van der Waals surface area contributed by atoms with E-state index in [1.54, 1.807) is 13.2 Å². The van der Waals surface area contributed by atoms with Crippen molar-refractivity contribution >= 4 is 36.9 Å². The zero-order chi connectivity index (χ0) is 16.7. The zero-order valence-electron chi connectivity index (χ0n) is 14.0. The molecule has 0 aromatic carbocycles. The predicted molar refractivity (Wildman–Crippen MR) is 94.6 cm³/mol. The Morgan fingerprint density at radius 1 is 1.32 bits per heavy atom. The molecule has 2 aliphatic heterocycles. The molecular formula is C15H25IO5Si. The molecule has 0 aromatic rings. The van der Waals surface area contributed by atoms with Crippen molar-refractivity contribution in [3.05, 3.63) is 12.2 Å². The first-order chi connectivity index (χ1) is 10.1. The van der Waals surface area contributed by atoms with Crippen LogP contribution in [0.2, 0.25) is 18.1 Å². The molecule has 1 fully saturated rings. The van der Waals surface area contributed by atoms with E-state index in [1.165, 1.54) is 6.08 Å². The Bertz CT molecular complexity index is 459. The van der Waals surface area contributed by atoms with Gasteiger partial charge in [0.2, 0.25) is 0 Å². The molecule has 1 saturated heterocycles. The van der Waals surface area contributed by atoms with Crippen LogP contribution >= 0.6 is 22.6 Å². The van der Waals surface area contributed by atoms with Crippen molar-refractivity contribution < 1.29 is 23.4 Å². The number of rotatable bonds is 3. The third-order valence-corrected chi connectivity index (χ3v) is 10.4. The maximum Gasteiger partial charge on any atom is 0.330 e. The lowest BCUT2D eigenvalue weighted by Gasteiger charge is -2.48. The van der Waals surface area contributed by atoms with Crippen molar-refractivity contribution in [3.63, 3.8) is 0 Å². The second-order valence-corrected chi connectivity index (χ2v) is 13.4. The minimum absolute atomic E-state index is 0.0442. The van der Waals surface area contributed by atoms with Crippen molar-refractivity contribution in [3.8, 4) is 0 Å². The molecule has 0 saturated carbocycles. The van der Waals surface area contributed by atoms with E-state index in [9.17, 15) is 4.79 Å². The zero-order valence-corrected chi connectivity index (χ0v) is 17.1. The molecule has 5 atom stereocenters. The third-order valence-electron chi connectivity index (χ3n) is 4.66. The first-order valence-electron chi connectivity index (χ1n) is 7.46. The largest absolute Gasteiger partial charge is 0.453 e. The van der Waals surface area contributed by atoms with Gasteiger partial charge in [-0.25, -0.2) is 4.79 Å². The molecule has 0 spiro atoms. The van der Waals surface area contributed by atoms with Crippen LogP contribution in [0.15, 0.2) is 12.2 Å². The Hall–Kier alpha value is 0.0369. The number of fused-ring (bicyclic) bond motifs is 1. The highest BCUT2D eigenvalue weighted by atomic mass is 127. The summed E-state index contributed by atoms with van der Waals surface area (Å²) in [6, 6.07) is 0. The molecule has 22 heavy (non-hydrogen) atoms. The summed E-state index contributed by atoms with van der Waals surface area (Å²) < 4.78 is 23.3. The highest BCUT2D eigenvalue weighted by Gasteiger charge is 2.51. The molecule has 0 aromatic heterocycles. The van der Waals surface area contributed by atoms with Gasteiger partial charge in [-0.15, -0.1) is 0 Å². The summed E-state index contributed by atoms with van der Waals surface area (Å²) in [5.74, 6) is -0.340. The summed E-state index contributed by atoms with van der Waals surface area (Å²) in [7, 11) is -0.383. The number of ether oxygens (including phenoxy) is 3. The van der Waals surface area contributed by atoms with Crippen molar-refractivity contribution in [2.24, 2.45) is 0 Å². The van der Waals surface area contributed by atoms with Gasteiger partial charge in [0.1, 0.15) is 12.2 Å². The molecule has 0 aliphatic carbocycles. The van der Waals surface area contributed by atoms with Crippen LogP contribution in [0.5, 0.6) is 0 Å². The number of alkyl halides is 1. The first kappa shape index (κ1) is 18.4. The lowest BCUT2D eigenvalue weighted by atomic mass is 9.99. The van der Waals surface area contributed by atoms with E-state index in [4.69, 9.17) is 18.6 Å². The number of carbonyl (C=O) groups is 1. The molecule has 2 heterocycles. The molecule has 0 unspecified atom stereocenters. The Balaban J connectivity index is 2.28. The van der Waals surface area contributed by atoms with Crippen LogP contribution in [0.25, 0.3) is 0 Å². The molecule has 7 heteroatoms. The number of hydrogen-bond acceptors (Lipinski definition) is 5. The third kappa shape index (κ3) is 3.58. The van der Waals surface area contributed by atoms with Gasteiger partial charge in [0.05, 0.1) is 3.92 Å². The van der Waals surface area contributed by atoms with E-state index in [0.717, 1.165) is 0 Å². The van der Waals surface area contributed by atoms with Crippen LogP contribution in [-0.4, -0.2) is 49.9 Å². The predicted octanol–water partition coefficient (Wildman–Crippen LogP) is 3.03. The maximum absolute atomic E-state index is 11.6. The number of esters is 1. The fourth-order valence-electron chi connectivity index (χ4n) is 2.30. The van der Waals surface area contributed by atoms with Crippen LogP contribution in [0.1, 0.15) is 20.8 Å². The van der Waals surface area contributed by atoms with Crippen LogP contribution in [-0.2, 0) is 23.4 Å². The average molecular weight is 440 g/mol. The topological polar surface area (TPSA) is 54.0 Å². The van der Waals surface area contributed by atoms with E-state index in [-0.39, 0.29) is 33.4 Å². The second-order valence-electron chi connectivity index (χ2n) is 7.25. The van der Waals surface area contributed by atoms with Crippen LogP contribution < -0.4 is 0 Å². The van der Waals surface area contributed by atoms with Crippen molar-refractivity contribution in [1.29, 1.82) is 0 Å². The SMILES string of the molecule is CO[C@@H]1O[C@H]2C=CC(=O)O[C@H]2[C@H](O[Si](C)(C)C(C)(C)C)[C@H]1I. The first-order valence-corrected chi connectivity index (χ1v) is 11.6. The summed E-state index contributed by atoms with van der Waals surface area (Å²) in [4.78, 5) is 11.6. The lowest BCUT2D eigenvalue weighted by Crippen LogP contribution is -2.61. The fraction of sp³-hybridized carbons (Fsp3) is 0.800. The molecule has 0 radical (unpaired) electrons. The van der Waals surface area contributed by atoms with Crippen molar-refractivity contribution in [2.45, 2.75) is 67.4 Å². The van der Waals surface area contributed by atoms with E-state index in [0.29, 0.717) is 0 Å². The smallest absolute Gasteiger partial charge is 0.330 e. The standard InChI is InChI=1S/C15H25IO5Si/c1-15(2,3)22(5,6)21-13-11(16)14(18-4)19-9-7-8-10(17)20-12(9)13/h7-9,11-14H,1-6H3/t9-,11+,12+,13+,14+/m0/s1. The van der Waals surface area contributed by atoms with E-state index < -0.39 is 14.4 Å². The molecule has 126 valence electrons. The number of methoxy groups -OCH3 is 1.